The van der Waals surface area contributed by atoms with Gasteiger partial charge in [-0.2, -0.15) is 5.10 Å². The van der Waals surface area contributed by atoms with Crippen LogP contribution < -0.4 is 10.6 Å². The van der Waals surface area contributed by atoms with E-state index < -0.39 is 0 Å². The fourth-order valence-corrected chi connectivity index (χ4v) is 1.92. The maximum atomic E-state index is 11.1. The fraction of sp³-hybridized carbons (Fsp3) is 0.286. The number of nitrogens with zero attached hydrogens (tertiary/aromatic N) is 2. The Morgan fingerprint density at radius 1 is 1.37 bits per heavy atom. The lowest BCUT2D eigenvalue weighted by atomic mass is 10.1. The third-order valence-electron chi connectivity index (χ3n) is 2.80. The van der Waals surface area contributed by atoms with Gasteiger partial charge in [0.15, 0.2) is 0 Å². The maximum absolute atomic E-state index is 11.1. The summed E-state index contributed by atoms with van der Waals surface area (Å²) < 4.78 is 1.75. The maximum Gasteiger partial charge on any atom is 0.221 e. The number of benzene rings is 1. The Morgan fingerprint density at radius 2 is 2.16 bits per heavy atom. The minimum Gasteiger partial charge on any atom is -0.376 e. The van der Waals surface area contributed by atoms with Gasteiger partial charge >= 0.3 is 0 Å². The molecule has 0 aliphatic heterocycles. The molecule has 100 valence electrons. The first kappa shape index (κ1) is 13.1. The number of hydrogen-bond acceptors (Lipinski definition) is 3. The predicted octanol–water partition coefficient (Wildman–Crippen LogP) is 2.55. The van der Waals surface area contributed by atoms with Crippen LogP contribution in [-0.4, -0.2) is 15.7 Å². The normalized spacial score (nSPS) is 11.9. The van der Waals surface area contributed by atoms with Crippen molar-refractivity contribution >= 4 is 17.3 Å². The van der Waals surface area contributed by atoms with Crippen LogP contribution in [0.3, 0.4) is 0 Å². The lowest BCUT2D eigenvalue weighted by Gasteiger charge is -2.15. The average molecular weight is 258 g/mol. The van der Waals surface area contributed by atoms with E-state index in [9.17, 15) is 4.79 Å². The van der Waals surface area contributed by atoms with E-state index in [1.165, 1.54) is 6.92 Å². The summed E-state index contributed by atoms with van der Waals surface area (Å²) in [5.74, 6) is -0.0648. The SMILES string of the molecule is CC(=O)Nc1cccc(C(C)Nc2cnn(C)c2)c1. The van der Waals surface area contributed by atoms with Crippen LogP contribution in [0.15, 0.2) is 36.7 Å². The number of carbonyl (C=O) groups is 1. The molecule has 0 saturated heterocycles. The molecule has 0 saturated carbocycles. The Balaban J connectivity index is 2.10. The molecule has 5 heteroatoms. The Kier molecular flexibility index (Phi) is 3.85. The number of hydrogen-bond donors (Lipinski definition) is 2. The van der Waals surface area contributed by atoms with Crippen molar-refractivity contribution < 1.29 is 4.79 Å². The quantitative estimate of drug-likeness (QED) is 0.886. The minimum absolute atomic E-state index is 0.0648. The smallest absolute Gasteiger partial charge is 0.221 e. The van der Waals surface area contributed by atoms with Crippen LogP contribution in [0.1, 0.15) is 25.5 Å². The molecule has 2 N–H and O–H groups in total. The zero-order valence-electron chi connectivity index (χ0n) is 11.3. The molecule has 19 heavy (non-hydrogen) atoms. The average Bonchev–Trinajstić information content (AvgIpc) is 2.74. The molecule has 1 aromatic carbocycles. The lowest BCUT2D eigenvalue weighted by Crippen LogP contribution is -2.09. The summed E-state index contributed by atoms with van der Waals surface area (Å²) in [5, 5.41) is 10.3. The van der Waals surface area contributed by atoms with Crippen molar-refractivity contribution in [2.45, 2.75) is 19.9 Å². The Hall–Kier alpha value is -2.30. The second-order valence-corrected chi connectivity index (χ2v) is 4.58. The molecule has 0 aliphatic rings. The summed E-state index contributed by atoms with van der Waals surface area (Å²) in [5.41, 5.74) is 2.89. The second kappa shape index (κ2) is 5.56. The Bertz CT molecular complexity index is 576. The molecule has 1 aromatic heterocycles. The molecular formula is C14H18N4O. The van der Waals surface area contributed by atoms with Crippen molar-refractivity contribution in [1.29, 1.82) is 0 Å². The number of aromatic nitrogens is 2. The Morgan fingerprint density at radius 3 is 2.79 bits per heavy atom. The summed E-state index contributed by atoms with van der Waals surface area (Å²) in [6.45, 7) is 3.57. The van der Waals surface area contributed by atoms with Gasteiger partial charge in [-0.15, -0.1) is 0 Å². The van der Waals surface area contributed by atoms with E-state index in [0.29, 0.717) is 0 Å². The van der Waals surface area contributed by atoms with Crippen LogP contribution in [0.2, 0.25) is 0 Å². The highest BCUT2D eigenvalue weighted by Crippen LogP contribution is 2.21. The second-order valence-electron chi connectivity index (χ2n) is 4.58. The van der Waals surface area contributed by atoms with Crippen LogP contribution in [0.5, 0.6) is 0 Å². The number of aryl methyl sites for hydroxylation is 1. The van der Waals surface area contributed by atoms with Crippen molar-refractivity contribution in [3.63, 3.8) is 0 Å². The number of nitrogens with one attached hydrogen (secondary N) is 2. The van der Waals surface area contributed by atoms with E-state index in [0.717, 1.165) is 16.9 Å². The topological polar surface area (TPSA) is 59.0 Å². The third kappa shape index (κ3) is 3.58. The third-order valence-corrected chi connectivity index (χ3v) is 2.80. The molecule has 1 heterocycles. The largest absolute Gasteiger partial charge is 0.376 e. The van der Waals surface area contributed by atoms with Crippen LogP contribution in [0.4, 0.5) is 11.4 Å². The number of amides is 1. The van der Waals surface area contributed by atoms with E-state index in [1.807, 2.05) is 37.5 Å². The van der Waals surface area contributed by atoms with E-state index in [2.05, 4.69) is 22.7 Å². The van der Waals surface area contributed by atoms with Crippen LogP contribution >= 0.6 is 0 Å². The van der Waals surface area contributed by atoms with E-state index in [4.69, 9.17) is 0 Å². The molecule has 0 radical (unpaired) electrons. The van der Waals surface area contributed by atoms with Gasteiger partial charge < -0.3 is 10.6 Å². The monoisotopic (exact) mass is 258 g/mol. The highest BCUT2D eigenvalue weighted by molar-refractivity contribution is 5.88. The molecule has 5 nitrogen and oxygen atoms in total. The van der Waals surface area contributed by atoms with E-state index in [1.54, 1.807) is 10.9 Å². The highest BCUT2D eigenvalue weighted by atomic mass is 16.1. The Labute approximate surface area is 112 Å². The molecule has 1 atom stereocenters. The first-order chi connectivity index (χ1) is 9.04. The van der Waals surface area contributed by atoms with Gasteiger partial charge in [0.2, 0.25) is 5.91 Å². The van der Waals surface area contributed by atoms with Gasteiger partial charge in [-0.3, -0.25) is 9.48 Å². The minimum atomic E-state index is -0.0648. The van der Waals surface area contributed by atoms with Gasteiger partial charge in [-0.1, -0.05) is 12.1 Å². The lowest BCUT2D eigenvalue weighted by molar-refractivity contribution is -0.114. The zero-order chi connectivity index (χ0) is 13.8. The molecular weight excluding hydrogens is 240 g/mol. The summed E-state index contributed by atoms with van der Waals surface area (Å²) in [6, 6.07) is 7.94. The molecule has 2 rings (SSSR count). The van der Waals surface area contributed by atoms with Crippen molar-refractivity contribution in [2.24, 2.45) is 7.05 Å². The van der Waals surface area contributed by atoms with Crippen molar-refractivity contribution in [3.8, 4) is 0 Å². The van der Waals surface area contributed by atoms with E-state index >= 15 is 0 Å². The summed E-state index contributed by atoms with van der Waals surface area (Å²) in [7, 11) is 1.88. The molecule has 0 spiro atoms. The molecule has 0 fully saturated rings. The number of anilines is 2. The molecule has 2 aromatic rings. The van der Waals surface area contributed by atoms with Gasteiger partial charge in [0.05, 0.1) is 11.9 Å². The van der Waals surface area contributed by atoms with Gasteiger partial charge in [-0.05, 0) is 24.6 Å². The molecule has 0 bridgehead atoms. The summed E-state index contributed by atoms with van der Waals surface area (Å²) >= 11 is 0. The van der Waals surface area contributed by atoms with Gasteiger partial charge in [0, 0.05) is 31.9 Å². The summed E-state index contributed by atoms with van der Waals surface area (Å²) in [6.07, 6.45) is 3.71. The number of rotatable bonds is 4. The van der Waals surface area contributed by atoms with Crippen molar-refractivity contribution in [1.82, 2.24) is 9.78 Å². The predicted molar refractivity (Wildman–Crippen MR) is 76.0 cm³/mol. The molecule has 1 amide bonds. The van der Waals surface area contributed by atoms with Crippen molar-refractivity contribution in [2.75, 3.05) is 10.6 Å². The van der Waals surface area contributed by atoms with Gasteiger partial charge in [-0.25, -0.2) is 0 Å². The first-order valence-electron chi connectivity index (χ1n) is 6.17. The fourth-order valence-electron chi connectivity index (χ4n) is 1.92. The van der Waals surface area contributed by atoms with E-state index in [-0.39, 0.29) is 11.9 Å². The zero-order valence-corrected chi connectivity index (χ0v) is 11.3. The van der Waals surface area contributed by atoms with Crippen LogP contribution in [-0.2, 0) is 11.8 Å². The van der Waals surface area contributed by atoms with Gasteiger partial charge in [0.25, 0.3) is 0 Å². The summed E-state index contributed by atoms with van der Waals surface area (Å²) in [4.78, 5) is 11.1. The van der Waals surface area contributed by atoms with Crippen LogP contribution in [0.25, 0.3) is 0 Å². The molecule has 1 unspecified atom stereocenters. The number of carbonyl (C=O) groups excluding carboxylic acids is 1. The van der Waals surface area contributed by atoms with Crippen LogP contribution in [0, 0.1) is 0 Å². The molecule has 0 aliphatic carbocycles. The standard InChI is InChI=1S/C14H18N4O/c1-10(16-14-8-15-18(3)9-14)12-5-4-6-13(7-12)17-11(2)19/h4-10,16H,1-3H3,(H,17,19). The van der Waals surface area contributed by atoms with Gasteiger partial charge in [0.1, 0.15) is 0 Å². The first-order valence-corrected chi connectivity index (χ1v) is 6.17. The van der Waals surface area contributed by atoms with Crippen molar-refractivity contribution in [3.05, 3.63) is 42.2 Å². The highest BCUT2D eigenvalue weighted by Gasteiger charge is 2.07.